The fourth-order valence-electron chi connectivity index (χ4n) is 2.94. The van der Waals surface area contributed by atoms with E-state index in [-0.39, 0.29) is 22.4 Å². The van der Waals surface area contributed by atoms with Gasteiger partial charge in [0.05, 0.1) is 11.2 Å². The molecule has 3 aromatic carbocycles. The highest BCUT2D eigenvalue weighted by molar-refractivity contribution is 5.90. The van der Waals surface area contributed by atoms with Gasteiger partial charge in [0.25, 0.3) is 5.56 Å². The summed E-state index contributed by atoms with van der Waals surface area (Å²) in [4.78, 5) is 17.5. The number of phenols is 3. The number of aromatic nitrogens is 2. The lowest BCUT2D eigenvalue weighted by molar-refractivity contribution is 0.371. The molecule has 27 heavy (non-hydrogen) atoms. The van der Waals surface area contributed by atoms with Crippen molar-refractivity contribution in [1.29, 1.82) is 0 Å². The summed E-state index contributed by atoms with van der Waals surface area (Å²) in [5, 5.41) is 29.4. The summed E-state index contributed by atoms with van der Waals surface area (Å²) in [5.41, 5.74) is -0.328. The van der Waals surface area contributed by atoms with Gasteiger partial charge in [-0.05, 0) is 12.1 Å². The number of rotatable bonds is 2. The van der Waals surface area contributed by atoms with Gasteiger partial charge in [-0.2, -0.15) is 0 Å². The van der Waals surface area contributed by atoms with Crippen molar-refractivity contribution in [3.63, 3.8) is 0 Å². The van der Waals surface area contributed by atoms with Crippen LogP contribution in [0, 0.1) is 5.82 Å². The van der Waals surface area contributed by atoms with Crippen molar-refractivity contribution in [3.8, 4) is 34.3 Å². The molecule has 0 atom stereocenters. The lowest BCUT2D eigenvalue weighted by Crippen LogP contribution is -2.23. The minimum atomic E-state index is -0.839. The fraction of sp³-hybridized carbons (Fsp3) is 0. The van der Waals surface area contributed by atoms with Crippen LogP contribution in [0.4, 0.5) is 4.39 Å². The molecule has 0 aliphatic carbocycles. The van der Waals surface area contributed by atoms with E-state index in [2.05, 4.69) is 4.98 Å². The Kier molecular flexibility index (Phi) is 3.77. The molecule has 0 bridgehead atoms. The van der Waals surface area contributed by atoms with E-state index < -0.39 is 28.6 Å². The Bertz CT molecular complexity index is 1240. The second kappa shape index (κ2) is 6.14. The minimum absolute atomic E-state index is 0.0285. The van der Waals surface area contributed by atoms with Gasteiger partial charge in [-0.25, -0.2) is 9.37 Å². The average molecular weight is 364 g/mol. The summed E-state index contributed by atoms with van der Waals surface area (Å²) in [6, 6.07) is 15.4. The van der Waals surface area contributed by atoms with Crippen LogP contribution in [0.25, 0.3) is 28.0 Å². The molecule has 4 aromatic rings. The summed E-state index contributed by atoms with van der Waals surface area (Å²) in [5.74, 6) is -2.79. The highest BCUT2D eigenvalue weighted by atomic mass is 19.1. The molecule has 1 heterocycles. The average Bonchev–Trinajstić information content (AvgIpc) is 2.67. The highest BCUT2D eigenvalue weighted by Crippen LogP contribution is 2.39. The highest BCUT2D eigenvalue weighted by Gasteiger charge is 2.22. The number of halogens is 1. The van der Waals surface area contributed by atoms with Crippen LogP contribution in [0.15, 0.2) is 65.5 Å². The Morgan fingerprint density at radius 1 is 0.889 bits per heavy atom. The first-order valence-electron chi connectivity index (χ1n) is 8.00. The molecule has 0 fully saturated rings. The molecule has 6 nitrogen and oxygen atoms in total. The molecule has 1 aromatic heterocycles. The van der Waals surface area contributed by atoms with Gasteiger partial charge in [0.1, 0.15) is 17.0 Å². The van der Waals surface area contributed by atoms with Crippen molar-refractivity contribution in [1.82, 2.24) is 9.55 Å². The zero-order valence-electron chi connectivity index (χ0n) is 13.8. The van der Waals surface area contributed by atoms with E-state index >= 15 is 0 Å². The van der Waals surface area contributed by atoms with Gasteiger partial charge in [0.2, 0.25) is 5.75 Å². The second-order valence-electron chi connectivity index (χ2n) is 5.88. The van der Waals surface area contributed by atoms with Gasteiger partial charge in [-0.15, -0.1) is 0 Å². The molecule has 0 unspecified atom stereocenters. The molecule has 0 aliphatic rings. The number of para-hydroxylation sites is 1. The maximum Gasteiger partial charge on any atom is 0.270 e. The molecule has 0 amide bonds. The first kappa shape index (κ1) is 16.6. The van der Waals surface area contributed by atoms with Gasteiger partial charge in [0.15, 0.2) is 11.5 Å². The topological polar surface area (TPSA) is 95.6 Å². The molecule has 134 valence electrons. The van der Waals surface area contributed by atoms with E-state index in [4.69, 9.17) is 0 Å². The van der Waals surface area contributed by atoms with Crippen LogP contribution in [-0.2, 0) is 0 Å². The summed E-state index contributed by atoms with van der Waals surface area (Å²) in [7, 11) is 0. The van der Waals surface area contributed by atoms with E-state index in [0.29, 0.717) is 5.56 Å². The maximum atomic E-state index is 14.5. The Labute approximate surface area is 152 Å². The predicted octanol–water partition coefficient (Wildman–Crippen LogP) is 3.31. The number of fused-ring (bicyclic) bond motifs is 1. The van der Waals surface area contributed by atoms with Gasteiger partial charge >= 0.3 is 0 Å². The van der Waals surface area contributed by atoms with Crippen molar-refractivity contribution in [2.45, 2.75) is 0 Å². The third-order valence-electron chi connectivity index (χ3n) is 4.21. The van der Waals surface area contributed by atoms with Crippen molar-refractivity contribution in [2.75, 3.05) is 0 Å². The third kappa shape index (κ3) is 2.56. The lowest BCUT2D eigenvalue weighted by atomic mass is 10.1. The first-order chi connectivity index (χ1) is 13.0. The molecule has 0 spiro atoms. The molecule has 7 heteroatoms. The van der Waals surface area contributed by atoms with Crippen molar-refractivity contribution in [2.24, 2.45) is 0 Å². The minimum Gasteiger partial charge on any atom is -0.504 e. The monoisotopic (exact) mass is 364 g/mol. The molecule has 0 saturated carbocycles. The van der Waals surface area contributed by atoms with Crippen LogP contribution >= 0.6 is 0 Å². The molecular weight excluding hydrogens is 351 g/mol. The normalized spacial score (nSPS) is 11.0. The van der Waals surface area contributed by atoms with E-state index in [1.165, 1.54) is 18.2 Å². The van der Waals surface area contributed by atoms with E-state index in [0.717, 1.165) is 10.6 Å². The Hall–Kier alpha value is -3.87. The summed E-state index contributed by atoms with van der Waals surface area (Å²) in [6.07, 6.45) is 0. The zero-order valence-corrected chi connectivity index (χ0v) is 13.8. The number of phenolic OH excluding ortho intramolecular Hbond substituents is 3. The Balaban J connectivity index is 2.22. The third-order valence-corrected chi connectivity index (χ3v) is 4.21. The van der Waals surface area contributed by atoms with Crippen LogP contribution in [-0.4, -0.2) is 24.9 Å². The van der Waals surface area contributed by atoms with Gasteiger partial charge < -0.3 is 15.3 Å². The van der Waals surface area contributed by atoms with Crippen LogP contribution < -0.4 is 5.56 Å². The van der Waals surface area contributed by atoms with Gasteiger partial charge in [-0.1, -0.05) is 42.5 Å². The Morgan fingerprint density at radius 2 is 1.56 bits per heavy atom. The predicted molar refractivity (Wildman–Crippen MR) is 97.7 cm³/mol. The van der Waals surface area contributed by atoms with Crippen LogP contribution in [0.3, 0.4) is 0 Å². The van der Waals surface area contributed by atoms with Crippen molar-refractivity contribution in [3.05, 3.63) is 76.8 Å². The standard InChI is InChI=1S/C20H13FN2O4/c21-12-8-4-5-9-14(12)23-19(11-6-2-1-3-7-11)22-13-10-15(24)17(25)18(26)16(13)20(23)27/h1-10,24-26H. The van der Waals surface area contributed by atoms with E-state index in [9.17, 15) is 24.5 Å². The Morgan fingerprint density at radius 3 is 2.26 bits per heavy atom. The van der Waals surface area contributed by atoms with Crippen molar-refractivity contribution >= 4 is 10.9 Å². The fourth-order valence-corrected chi connectivity index (χ4v) is 2.94. The van der Waals surface area contributed by atoms with Gasteiger partial charge in [0, 0.05) is 11.6 Å². The van der Waals surface area contributed by atoms with E-state index in [1.54, 1.807) is 36.4 Å². The van der Waals surface area contributed by atoms with Crippen LogP contribution in [0.5, 0.6) is 17.2 Å². The summed E-state index contributed by atoms with van der Waals surface area (Å²) in [6.45, 7) is 0. The maximum absolute atomic E-state index is 14.5. The number of benzene rings is 3. The number of aromatic hydroxyl groups is 3. The van der Waals surface area contributed by atoms with Crippen LogP contribution in [0.2, 0.25) is 0 Å². The zero-order chi connectivity index (χ0) is 19.1. The largest absolute Gasteiger partial charge is 0.504 e. The van der Waals surface area contributed by atoms with Gasteiger partial charge in [-0.3, -0.25) is 9.36 Å². The number of hydrogen-bond donors (Lipinski definition) is 3. The lowest BCUT2D eigenvalue weighted by Gasteiger charge is -2.15. The smallest absolute Gasteiger partial charge is 0.270 e. The molecule has 0 aliphatic heterocycles. The first-order valence-corrected chi connectivity index (χ1v) is 8.00. The molecule has 0 saturated heterocycles. The van der Waals surface area contributed by atoms with E-state index in [1.807, 2.05) is 0 Å². The molecule has 4 rings (SSSR count). The van der Waals surface area contributed by atoms with Crippen LogP contribution in [0.1, 0.15) is 0 Å². The second-order valence-corrected chi connectivity index (χ2v) is 5.88. The molecule has 0 radical (unpaired) electrons. The summed E-state index contributed by atoms with van der Waals surface area (Å²) < 4.78 is 15.5. The molecular formula is C20H13FN2O4. The quantitative estimate of drug-likeness (QED) is 0.474. The summed E-state index contributed by atoms with van der Waals surface area (Å²) >= 11 is 0. The molecule has 3 N–H and O–H groups in total. The van der Waals surface area contributed by atoms with Crippen molar-refractivity contribution < 1.29 is 19.7 Å². The number of hydrogen-bond acceptors (Lipinski definition) is 5. The SMILES string of the molecule is O=c1c2c(O)c(O)c(O)cc2nc(-c2ccccc2)n1-c1ccccc1F. The number of nitrogens with zero attached hydrogens (tertiary/aromatic N) is 2.